The van der Waals surface area contributed by atoms with Gasteiger partial charge in [-0.2, -0.15) is 0 Å². The van der Waals surface area contributed by atoms with Crippen LogP contribution in [0.25, 0.3) is 17.1 Å². The number of nitrogens with one attached hydrogen (secondary N) is 1. The van der Waals surface area contributed by atoms with Crippen molar-refractivity contribution in [3.63, 3.8) is 0 Å². The molecule has 4 rings (SSSR count). The number of carbonyl (C=O) groups excluding carboxylic acids is 1. The van der Waals surface area contributed by atoms with E-state index in [4.69, 9.17) is 11.6 Å². The zero-order valence-corrected chi connectivity index (χ0v) is 18.0. The van der Waals surface area contributed by atoms with Crippen LogP contribution in [-0.4, -0.2) is 25.6 Å². The number of carbonyl (C=O) groups is 1. The first kappa shape index (κ1) is 21.2. The second-order valence-corrected chi connectivity index (χ2v) is 7.60. The van der Waals surface area contributed by atoms with Gasteiger partial charge in [0.15, 0.2) is 5.82 Å². The number of benzene rings is 3. The summed E-state index contributed by atoms with van der Waals surface area (Å²) in [7, 11) is 0. The van der Waals surface area contributed by atoms with Gasteiger partial charge >= 0.3 is 0 Å². The fourth-order valence-electron chi connectivity index (χ4n) is 3.24. The normalized spacial score (nSPS) is 10.7. The first-order chi connectivity index (χ1) is 15.3. The van der Waals surface area contributed by atoms with Crippen molar-refractivity contribution >= 4 is 28.9 Å². The Morgan fingerprint density at radius 2 is 1.81 bits per heavy atom. The lowest BCUT2D eigenvalue weighted by Gasteiger charge is -2.11. The molecule has 0 bridgehead atoms. The lowest BCUT2D eigenvalue weighted by atomic mass is 10.1. The van der Waals surface area contributed by atoms with Crippen LogP contribution in [0.3, 0.4) is 0 Å². The third-order valence-corrected chi connectivity index (χ3v) is 5.25. The van der Waals surface area contributed by atoms with Crippen LogP contribution < -0.4 is 5.32 Å². The van der Waals surface area contributed by atoms with Crippen molar-refractivity contribution in [2.75, 3.05) is 5.32 Å². The molecule has 1 aromatic heterocycles. The van der Waals surface area contributed by atoms with E-state index in [0.29, 0.717) is 16.4 Å². The Hall–Kier alpha value is -4.04. The minimum absolute atomic E-state index is 0.0765. The van der Waals surface area contributed by atoms with Gasteiger partial charge in [-0.1, -0.05) is 41.9 Å². The number of amides is 1. The van der Waals surface area contributed by atoms with Crippen molar-refractivity contribution < 1.29 is 9.72 Å². The number of hydrogen-bond acceptors (Lipinski definition) is 5. The molecule has 0 unspecified atom stereocenters. The van der Waals surface area contributed by atoms with Crippen LogP contribution in [0, 0.1) is 24.0 Å². The van der Waals surface area contributed by atoms with Gasteiger partial charge in [-0.05, 0) is 49.2 Å². The van der Waals surface area contributed by atoms with Crippen molar-refractivity contribution in [1.82, 2.24) is 14.8 Å². The molecule has 8 nitrogen and oxygen atoms in total. The molecule has 0 aliphatic heterocycles. The van der Waals surface area contributed by atoms with Gasteiger partial charge < -0.3 is 5.32 Å². The Labute approximate surface area is 188 Å². The summed E-state index contributed by atoms with van der Waals surface area (Å²) in [5.74, 6) is -0.212. The summed E-state index contributed by atoms with van der Waals surface area (Å²) in [4.78, 5) is 27.9. The number of anilines is 1. The predicted molar refractivity (Wildman–Crippen MR) is 122 cm³/mol. The summed E-state index contributed by atoms with van der Waals surface area (Å²) in [5.41, 5.74) is 3.68. The molecule has 0 atom stereocenters. The number of nitrogens with zero attached hydrogens (tertiary/aromatic N) is 4. The monoisotopic (exact) mass is 447 g/mol. The van der Waals surface area contributed by atoms with Crippen LogP contribution in [0.5, 0.6) is 0 Å². The number of hydrogen-bond donors (Lipinski definition) is 1. The molecule has 0 aliphatic rings. The van der Waals surface area contributed by atoms with Crippen molar-refractivity contribution in [2.24, 2.45) is 0 Å². The minimum atomic E-state index is -0.585. The van der Waals surface area contributed by atoms with Gasteiger partial charge in [-0.25, -0.2) is 9.67 Å². The number of nitro benzene ring substituents is 1. The Morgan fingerprint density at radius 1 is 1.06 bits per heavy atom. The molecule has 32 heavy (non-hydrogen) atoms. The number of halogens is 1. The third kappa shape index (κ3) is 4.21. The van der Waals surface area contributed by atoms with Crippen LogP contribution in [0.1, 0.15) is 21.7 Å². The number of nitro groups is 1. The molecule has 1 amide bonds. The SMILES string of the molecule is Cc1cccc(-n2nc(C(=O)Nc3cccc([N+](=O)[O-])c3)nc2-c2cccc(Cl)c2)c1C. The molecule has 0 fully saturated rings. The molecule has 3 aromatic carbocycles. The van der Waals surface area contributed by atoms with Crippen LogP contribution in [0.4, 0.5) is 11.4 Å². The summed E-state index contributed by atoms with van der Waals surface area (Å²) >= 11 is 6.17. The van der Waals surface area contributed by atoms with E-state index in [1.165, 1.54) is 18.2 Å². The molecule has 4 aromatic rings. The fraction of sp³-hybridized carbons (Fsp3) is 0.0870. The Kier molecular flexibility index (Phi) is 5.70. The summed E-state index contributed by atoms with van der Waals surface area (Å²) in [6.45, 7) is 3.96. The van der Waals surface area contributed by atoms with E-state index in [2.05, 4.69) is 15.4 Å². The van der Waals surface area contributed by atoms with Crippen molar-refractivity contribution in [3.8, 4) is 17.1 Å². The van der Waals surface area contributed by atoms with Crippen molar-refractivity contribution in [3.05, 3.63) is 98.8 Å². The van der Waals surface area contributed by atoms with Crippen LogP contribution in [-0.2, 0) is 0 Å². The first-order valence-corrected chi connectivity index (χ1v) is 10.1. The van der Waals surface area contributed by atoms with Gasteiger partial charge in [0.2, 0.25) is 5.82 Å². The van der Waals surface area contributed by atoms with Gasteiger partial charge in [0.25, 0.3) is 11.6 Å². The molecule has 0 aliphatic carbocycles. The molecular weight excluding hydrogens is 430 g/mol. The second-order valence-electron chi connectivity index (χ2n) is 7.16. The fourth-order valence-corrected chi connectivity index (χ4v) is 3.43. The molecule has 160 valence electrons. The zero-order valence-electron chi connectivity index (χ0n) is 17.2. The molecule has 0 radical (unpaired) electrons. The van der Waals surface area contributed by atoms with Gasteiger partial charge in [-0.3, -0.25) is 14.9 Å². The summed E-state index contributed by atoms with van der Waals surface area (Å²) < 4.78 is 1.61. The molecule has 9 heteroatoms. The zero-order chi connectivity index (χ0) is 22.8. The van der Waals surface area contributed by atoms with Crippen LogP contribution >= 0.6 is 11.6 Å². The van der Waals surface area contributed by atoms with Gasteiger partial charge in [0, 0.05) is 28.4 Å². The lowest BCUT2D eigenvalue weighted by Crippen LogP contribution is -2.14. The molecular formula is C23H18ClN5O3. The standard InChI is InChI=1S/C23H18ClN5O3/c1-14-6-3-11-20(15(14)2)28-22(16-7-4-8-17(24)12-16)26-21(27-28)23(30)25-18-9-5-10-19(13-18)29(31)32/h3-13H,1-2H3,(H,25,30). The smallest absolute Gasteiger partial charge is 0.295 e. The third-order valence-electron chi connectivity index (χ3n) is 5.01. The average molecular weight is 448 g/mol. The van der Waals surface area contributed by atoms with Gasteiger partial charge in [0.1, 0.15) is 0 Å². The number of aryl methyl sites for hydroxylation is 1. The van der Waals surface area contributed by atoms with E-state index in [0.717, 1.165) is 16.8 Å². The summed E-state index contributed by atoms with van der Waals surface area (Å²) in [6, 6.07) is 18.6. The van der Waals surface area contributed by atoms with Crippen molar-refractivity contribution in [2.45, 2.75) is 13.8 Å². The molecule has 1 heterocycles. The maximum atomic E-state index is 12.9. The number of non-ortho nitro benzene ring substituents is 1. The van der Waals surface area contributed by atoms with Crippen molar-refractivity contribution in [1.29, 1.82) is 0 Å². The maximum absolute atomic E-state index is 12.9. The molecule has 0 saturated heterocycles. The molecule has 1 N–H and O–H groups in total. The quantitative estimate of drug-likeness (QED) is 0.327. The van der Waals surface area contributed by atoms with E-state index >= 15 is 0 Å². The van der Waals surface area contributed by atoms with Crippen LogP contribution in [0.15, 0.2) is 66.7 Å². The van der Waals surface area contributed by atoms with E-state index in [1.807, 2.05) is 38.1 Å². The highest BCUT2D eigenvalue weighted by atomic mass is 35.5. The second kappa shape index (κ2) is 8.60. The number of aromatic nitrogens is 3. The van der Waals surface area contributed by atoms with Gasteiger partial charge in [-0.15, -0.1) is 5.10 Å². The highest BCUT2D eigenvalue weighted by molar-refractivity contribution is 6.30. The Bertz CT molecular complexity index is 1350. The Morgan fingerprint density at radius 3 is 2.56 bits per heavy atom. The van der Waals surface area contributed by atoms with E-state index in [-0.39, 0.29) is 17.2 Å². The minimum Gasteiger partial charge on any atom is -0.319 e. The van der Waals surface area contributed by atoms with E-state index < -0.39 is 10.8 Å². The number of rotatable bonds is 5. The largest absolute Gasteiger partial charge is 0.319 e. The lowest BCUT2D eigenvalue weighted by molar-refractivity contribution is -0.384. The first-order valence-electron chi connectivity index (χ1n) is 9.69. The van der Waals surface area contributed by atoms with Crippen LogP contribution in [0.2, 0.25) is 5.02 Å². The molecule has 0 spiro atoms. The Balaban J connectivity index is 1.78. The molecule has 0 saturated carbocycles. The summed E-state index contributed by atoms with van der Waals surface area (Å²) in [6.07, 6.45) is 0. The van der Waals surface area contributed by atoms with E-state index in [9.17, 15) is 14.9 Å². The van der Waals surface area contributed by atoms with Gasteiger partial charge in [0.05, 0.1) is 10.6 Å². The maximum Gasteiger partial charge on any atom is 0.295 e. The average Bonchev–Trinajstić information content (AvgIpc) is 3.21. The topological polar surface area (TPSA) is 103 Å². The predicted octanol–water partition coefficient (Wildman–Crippen LogP) is 5.37. The highest BCUT2D eigenvalue weighted by Gasteiger charge is 2.21. The summed E-state index contributed by atoms with van der Waals surface area (Å²) in [5, 5.41) is 18.6. The van der Waals surface area contributed by atoms with E-state index in [1.54, 1.807) is 28.9 Å². The highest BCUT2D eigenvalue weighted by Crippen LogP contribution is 2.27.